The van der Waals surface area contributed by atoms with Gasteiger partial charge in [-0.3, -0.25) is 9.78 Å². The Balaban J connectivity index is 1.46. The minimum atomic E-state index is -0.480. The molecular weight excluding hydrogens is 427 g/mol. The number of aromatic nitrogens is 1. The number of anilines is 1. The summed E-state index contributed by atoms with van der Waals surface area (Å²) < 4.78 is 26.5. The topological polar surface area (TPSA) is 60.5 Å². The van der Waals surface area contributed by atoms with Gasteiger partial charge < -0.3 is 14.8 Å². The first-order valence-corrected chi connectivity index (χ1v) is 10.7. The Kier molecular flexibility index (Phi) is 5.17. The van der Waals surface area contributed by atoms with E-state index < -0.39 is 5.82 Å². The molecule has 0 saturated carbocycles. The summed E-state index contributed by atoms with van der Waals surface area (Å²) in [5.74, 6) is 0.554. The highest BCUT2D eigenvalue weighted by molar-refractivity contribution is 7.08. The van der Waals surface area contributed by atoms with E-state index in [0.717, 1.165) is 10.9 Å². The van der Waals surface area contributed by atoms with Crippen LogP contribution in [0.15, 0.2) is 77.6 Å². The fourth-order valence-electron chi connectivity index (χ4n) is 3.46. The number of thiophene rings is 1. The van der Waals surface area contributed by atoms with Gasteiger partial charge >= 0.3 is 0 Å². The fraction of sp³-hybridized carbons (Fsp3) is 0.0400. The SMILES string of the molecule is COc1ccc2nccc(Oc3ccc4cc(NC(=O)c5ccsc5)ccc4c3F)c2c1. The van der Waals surface area contributed by atoms with E-state index in [1.807, 2.05) is 17.5 Å². The molecule has 0 radical (unpaired) electrons. The average Bonchev–Trinajstić information content (AvgIpc) is 3.36. The van der Waals surface area contributed by atoms with Gasteiger partial charge in [0.1, 0.15) is 11.5 Å². The van der Waals surface area contributed by atoms with Gasteiger partial charge in [-0.25, -0.2) is 4.39 Å². The zero-order chi connectivity index (χ0) is 22.1. The highest BCUT2D eigenvalue weighted by atomic mass is 32.1. The van der Waals surface area contributed by atoms with E-state index in [1.54, 1.807) is 67.2 Å². The van der Waals surface area contributed by atoms with E-state index >= 15 is 4.39 Å². The second-order valence-corrected chi connectivity index (χ2v) is 7.85. The lowest BCUT2D eigenvalue weighted by Crippen LogP contribution is -2.10. The molecule has 5 nitrogen and oxygen atoms in total. The summed E-state index contributed by atoms with van der Waals surface area (Å²) in [6.07, 6.45) is 1.62. The predicted molar refractivity (Wildman–Crippen MR) is 125 cm³/mol. The Labute approximate surface area is 187 Å². The molecule has 2 heterocycles. The number of fused-ring (bicyclic) bond motifs is 2. The van der Waals surface area contributed by atoms with Gasteiger partial charge in [0.2, 0.25) is 0 Å². The number of ether oxygens (including phenoxy) is 2. The molecule has 0 spiro atoms. The number of carbonyl (C=O) groups is 1. The van der Waals surface area contributed by atoms with Crippen LogP contribution in [0.3, 0.4) is 0 Å². The van der Waals surface area contributed by atoms with Gasteiger partial charge in [0.15, 0.2) is 11.6 Å². The molecule has 0 unspecified atom stereocenters. The van der Waals surface area contributed by atoms with Crippen molar-refractivity contribution in [2.75, 3.05) is 12.4 Å². The number of halogens is 1. The number of pyridine rings is 1. The van der Waals surface area contributed by atoms with E-state index in [9.17, 15) is 4.79 Å². The molecule has 0 bridgehead atoms. The van der Waals surface area contributed by atoms with Crippen LogP contribution in [-0.2, 0) is 0 Å². The van der Waals surface area contributed by atoms with E-state index in [2.05, 4.69) is 10.3 Å². The van der Waals surface area contributed by atoms with Gasteiger partial charge in [0, 0.05) is 28.0 Å². The maximum atomic E-state index is 15.3. The molecule has 0 saturated heterocycles. The monoisotopic (exact) mass is 444 g/mol. The standard InChI is InChI=1S/C25H17FN2O3S/c1-30-18-4-6-21-20(13-18)22(8-10-27-21)31-23-7-2-15-12-17(3-5-19(15)24(23)26)28-25(29)16-9-11-32-14-16/h2-14H,1H3,(H,28,29). The van der Waals surface area contributed by atoms with Crippen molar-refractivity contribution in [3.8, 4) is 17.2 Å². The van der Waals surface area contributed by atoms with Crippen LogP contribution in [0.4, 0.5) is 10.1 Å². The molecule has 2 aromatic heterocycles. The molecule has 1 N–H and O–H groups in total. The molecule has 5 rings (SSSR count). The molecule has 5 aromatic rings. The molecule has 0 aliphatic carbocycles. The van der Waals surface area contributed by atoms with Gasteiger partial charge in [0.05, 0.1) is 18.2 Å². The number of methoxy groups -OCH3 is 1. The largest absolute Gasteiger partial charge is 0.497 e. The summed E-state index contributed by atoms with van der Waals surface area (Å²) >= 11 is 1.45. The lowest BCUT2D eigenvalue weighted by molar-refractivity contribution is 0.102. The van der Waals surface area contributed by atoms with Crippen molar-refractivity contribution in [2.24, 2.45) is 0 Å². The quantitative estimate of drug-likeness (QED) is 0.330. The number of hydrogen-bond acceptors (Lipinski definition) is 5. The Morgan fingerprint density at radius 3 is 2.72 bits per heavy atom. The first kappa shape index (κ1) is 20.0. The number of benzene rings is 3. The van der Waals surface area contributed by atoms with Gasteiger partial charge in [-0.05, 0) is 65.4 Å². The highest BCUT2D eigenvalue weighted by Crippen LogP contribution is 2.35. The molecule has 0 fully saturated rings. The first-order valence-electron chi connectivity index (χ1n) is 9.79. The summed E-state index contributed by atoms with van der Waals surface area (Å²) in [6.45, 7) is 0. The molecular formula is C25H17FN2O3S. The van der Waals surface area contributed by atoms with Crippen molar-refractivity contribution in [1.29, 1.82) is 0 Å². The number of carbonyl (C=O) groups excluding carboxylic acids is 1. The maximum Gasteiger partial charge on any atom is 0.256 e. The maximum absolute atomic E-state index is 15.3. The van der Waals surface area contributed by atoms with E-state index in [-0.39, 0.29) is 11.7 Å². The fourth-order valence-corrected chi connectivity index (χ4v) is 4.10. The van der Waals surface area contributed by atoms with Crippen LogP contribution in [0.2, 0.25) is 0 Å². The van der Waals surface area contributed by atoms with E-state index in [1.165, 1.54) is 11.3 Å². The lowest BCUT2D eigenvalue weighted by atomic mass is 10.1. The van der Waals surface area contributed by atoms with Crippen LogP contribution in [0.5, 0.6) is 17.2 Å². The van der Waals surface area contributed by atoms with Gasteiger partial charge in [-0.1, -0.05) is 6.07 Å². The first-order chi connectivity index (χ1) is 15.6. The van der Waals surface area contributed by atoms with Crippen molar-refractivity contribution in [3.05, 3.63) is 89.0 Å². The summed E-state index contributed by atoms with van der Waals surface area (Å²) in [5, 5.41) is 8.22. The Morgan fingerprint density at radius 1 is 1.00 bits per heavy atom. The zero-order valence-electron chi connectivity index (χ0n) is 17.0. The molecule has 0 aliphatic rings. The van der Waals surface area contributed by atoms with Crippen molar-refractivity contribution in [1.82, 2.24) is 4.98 Å². The second-order valence-electron chi connectivity index (χ2n) is 7.07. The summed E-state index contributed by atoms with van der Waals surface area (Å²) in [6, 6.07) is 17.3. The highest BCUT2D eigenvalue weighted by Gasteiger charge is 2.13. The van der Waals surface area contributed by atoms with Crippen LogP contribution >= 0.6 is 11.3 Å². The Hall–Kier alpha value is -3.97. The third kappa shape index (κ3) is 3.74. The third-order valence-corrected chi connectivity index (χ3v) is 5.77. The lowest BCUT2D eigenvalue weighted by Gasteiger charge is -2.12. The van der Waals surface area contributed by atoms with Crippen LogP contribution in [0, 0.1) is 5.82 Å². The molecule has 0 aliphatic heterocycles. The van der Waals surface area contributed by atoms with Crippen LogP contribution in [0.1, 0.15) is 10.4 Å². The predicted octanol–water partition coefficient (Wildman–Crippen LogP) is 6.64. The van der Waals surface area contributed by atoms with Crippen LogP contribution in [0.25, 0.3) is 21.7 Å². The molecule has 7 heteroatoms. The zero-order valence-corrected chi connectivity index (χ0v) is 17.8. The van der Waals surface area contributed by atoms with Crippen molar-refractivity contribution < 1.29 is 18.7 Å². The van der Waals surface area contributed by atoms with E-state index in [4.69, 9.17) is 9.47 Å². The van der Waals surface area contributed by atoms with E-state index in [0.29, 0.717) is 33.5 Å². The molecule has 158 valence electrons. The number of rotatable bonds is 5. The van der Waals surface area contributed by atoms with Gasteiger partial charge in [-0.2, -0.15) is 11.3 Å². The number of nitrogens with zero attached hydrogens (tertiary/aromatic N) is 1. The summed E-state index contributed by atoms with van der Waals surface area (Å²) in [7, 11) is 1.58. The number of nitrogens with one attached hydrogen (secondary N) is 1. The minimum Gasteiger partial charge on any atom is -0.497 e. The smallest absolute Gasteiger partial charge is 0.256 e. The average molecular weight is 444 g/mol. The van der Waals surface area contributed by atoms with Crippen molar-refractivity contribution in [2.45, 2.75) is 0 Å². The second kappa shape index (κ2) is 8.28. The Morgan fingerprint density at radius 2 is 1.91 bits per heavy atom. The minimum absolute atomic E-state index is 0.0999. The normalized spacial score (nSPS) is 10.9. The summed E-state index contributed by atoms with van der Waals surface area (Å²) in [4.78, 5) is 16.6. The van der Waals surface area contributed by atoms with Crippen molar-refractivity contribution in [3.63, 3.8) is 0 Å². The number of hydrogen-bond donors (Lipinski definition) is 1. The number of amides is 1. The van der Waals surface area contributed by atoms with Gasteiger partial charge in [0.25, 0.3) is 5.91 Å². The van der Waals surface area contributed by atoms with Crippen molar-refractivity contribution >= 4 is 44.6 Å². The molecule has 1 amide bonds. The van der Waals surface area contributed by atoms with Crippen LogP contribution in [-0.4, -0.2) is 18.0 Å². The van der Waals surface area contributed by atoms with Gasteiger partial charge in [-0.15, -0.1) is 0 Å². The summed E-state index contributed by atoms with van der Waals surface area (Å²) in [5.41, 5.74) is 1.90. The molecule has 0 atom stereocenters. The third-order valence-electron chi connectivity index (χ3n) is 5.09. The van der Waals surface area contributed by atoms with Crippen LogP contribution < -0.4 is 14.8 Å². The molecule has 32 heavy (non-hydrogen) atoms. The molecule has 3 aromatic carbocycles. The Bertz CT molecular complexity index is 1450.